The van der Waals surface area contributed by atoms with E-state index in [1.807, 2.05) is 24.3 Å². The Kier molecular flexibility index (Phi) is 4.47. The van der Waals surface area contributed by atoms with Gasteiger partial charge in [0, 0.05) is 23.6 Å². The van der Waals surface area contributed by atoms with Gasteiger partial charge in [-0.05, 0) is 46.5 Å². The smallest absolute Gasteiger partial charge is 0.150 e. The number of carbonyl (C=O) groups is 1. The lowest BCUT2D eigenvalue weighted by Crippen LogP contribution is -1.97. The van der Waals surface area contributed by atoms with Gasteiger partial charge in [-0.15, -0.1) is 0 Å². The van der Waals surface area contributed by atoms with Crippen LogP contribution < -0.4 is 4.74 Å². The van der Waals surface area contributed by atoms with Gasteiger partial charge in [-0.2, -0.15) is 0 Å². The number of benzene rings is 3. The minimum atomic E-state index is -0.350. The predicted molar refractivity (Wildman–Crippen MR) is 102 cm³/mol. The van der Waals surface area contributed by atoms with E-state index >= 15 is 0 Å². The molecule has 0 amide bonds. The molecule has 1 aliphatic rings. The van der Waals surface area contributed by atoms with Crippen LogP contribution in [0.5, 0.6) is 11.5 Å². The lowest BCUT2D eigenvalue weighted by atomic mass is 9.88. The third kappa shape index (κ3) is 3.34. The van der Waals surface area contributed by atoms with Crippen LogP contribution in [0, 0.1) is 5.82 Å². The molecule has 0 atom stereocenters. The summed E-state index contributed by atoms with van der Waals surface area (Å²) in [4.78, 5) is 11.0. The number of aromatic hydroxyl groups is 1. The van der Waals surface area contributed by atoms with Gasteiger partial charge in [0.25, 0.3) is 0 Å². The molecule has 3 nitrogen and oxygen atoms in total. The molecule has 0 unspecified atom stereocenters. The third-order valence-corrected chi connectivity index (χ3v) is 4.68. The molecule has 0 aliphatic carbocycles. The van der Waals surface area contributed by atoms with Crippen LogP contribution >= 0.6 is 0 Å². The van der Waals surface area contributed by atoms with E-state index in [2.05, 4.69) is 0 Å². The van der Waals surface area contributed by atoms with E-state index in [9.17, 15) is 14.3 Å². The number of ether oxygens (including phenoxy) is 1. The van der Waals surface area contributed by atoms with Gasteiger partial charge >= 0.3 is 0 Å². The SMILES string of the molecule is O=Cc1ccc(C2=C(c3ccc(O)cc3)CCOc3cc(F)ccc32)cc1. The van der Waals surface area contributed by atoms with Crippen molar-refractivity contribution in [1.82, 2.24) is 0 Å². The van der Waals surface area contributed by atoms with Crippen molar-refractivity contribution in [3.8, 4) is 11.5 Å². The fraction of sp³-hybridized carbons (Fsp3) is 0.0870. The highest BCUT2D eigenvalue weighted by molar-refractivity contribution is 6.00. The molecule has 0 aromatic heterocycles. The van der Waals surface area contributed by atoms with E-state index in [-0.39, 0.29) is 11.6 Å². The van der Waals surface area contributed by atoms with Crippen LogP contribution in [-0.2, 0) is 0 Å². The van der Waals surface area contributed by atoms with Gasteiger partial charge in [0.15, 0.2) is 0 Å². The number of hydrogen-bond donors (Lipinski definition) is 1. The number of carbonyl (C=O) groups excluding carboxylic acids is 1. The van der Waals surface area contributed by atoms with Crippen molar-refractivity contribution in [3.05, 3.63) is 94.8 Å². The third-order valence-electron chi connectivity index (χ3n) is 4.68. The highest BCUT2D eigenvalue weighted by Gasteiger charge is 2.21. The molecule has 4 rings (SSSR count). The predicted octanol–water partition coefficient (Wildman–Crippen LogP) is 5.09. The zero-order chi connectivity index (χ0) is 18.8. The molecule has 0 fully saturated rings. The largest absolute Gasteiger partial charge is 0.508 e. The molecule has 3 aromatic rings. The van der Waals surface area contributed by atoms with Crippen LogP contribution in [0.3, 0.4) is 0 Å². The summed E-state index contributed by atoms with van der Waals surface area (Å²) in [6.07, 6.45) is 1.43. The Bertz CT molecular complexity index is 1020. The molecule has 0 spiro atoms. The first kappa shape index (κ1) is 17.0. The topological polar surface area (TPSA) is 46.5 Å². The maximum Gasteiger partial charge on any atom is 0.150 e. The summed E-state index contributed by atoms with van der Waals surface area (Å²) in [5, 5.41) is 9.62. The molecule has 1 aliphatic heterocycles. The van der Waals surface area contributed by atoms with E-state index < -0.39 is 0 Å². The van der Waals surface area contributed by atoms with Crippen LogP contribution in [0.15, 0.2) is 66.7 Å². The lowest BCUT2D eigenvalue weighted by molar-refractivity contribution is 0.112. The Morgan fingerprint density at radius 1 is 0.926 bits per heavy atom. The van der Waals surface area contributed by atoms with Gasteiger partial charge in [-0.1, -0.05) is 36.4 Å². The van der Waals surface area contributed by atoms with Crippen LogP contribution in [0.4, 0.5) is 4.39 Å². The Labute approximate surface area is 156 Å². The van der Waals surface area contributed by atoms with Crippen molar-refractivity contribution in [2.45, 2.75) is 6.42 Å². The van der Waals surface area contributed by atoms with E-state index in [0.29, 0.717) is 24.3 Å². The first-order chi connectivity index (χ1) is 13.2. The highest BCUT2D eigenvalue weighted by Crippen LogP contribution is 2.41. The molecule has 0 radical (unpaired) electrons. The lowest BCUT2D eigenvalue weighted by Gasteiger charge is -2.15. The highest BCUT2D eigenvalue weighted by atomic mass is 19.1. The fourth-order valence-electron chi connectivity index (χ4n) is 3.38. The van der Waals surface area contributed by atoms with Gasteiger partial charge in [0.05, 0.1) is 6.61 Å². The van der Waals surface area contributed by atoms with Crippen LogP contribution in [0.25, 0.3) is 11.1 Å². The minimum Gasteiger partial charge on any atom is -0.508 e. The Balaban J connectivity index is 1.98. The van der Waals surface area contributed by atoms with Crippen molar-refractivity contribution in [1.29, 1.82) is 0 Å². The number of rotatable bonds is 3. The van der Waals surface area contributed by atoms with Gasteiger partial charge in [-0.3, -0.25) is 4.79 Å². The summed E-state index contributed by atoms with van der Waals surface area (Å²) in [5.41, 5.74) is 5.25. The summed E-state index contributed by atoms with van der Waals surface area (Å²) in [5.74, 6) is 0.347. The van der Waals surface area contributed by atoms with Crippen molar-refractivity contribution < 1.29 is 19.0 Å². The summed E-state index contributed by atoms with van der Waals surface area (Å²) >= 11 is 0. The van der Waals surface area contributed by atoms with Gasteiger partial charge in [-0.25, -0.2) is 4.39 Å². The zero-order valence-electron chi connectivity index (χ0n) is 14.5. The van der Waals surface area contributed by atoms with Crippen LogP contribution in [0.1, 0.15) is 33.5 Å². The van der Waals surface area contributed by atoms with E-state index in [0.717, 1.165) is 34.1 Å². The van der Waals surface area contributed by atoms with Gasteiger partial charge in [0.2, 0.25) is 0 Å². The van der Waals surface area contributed by atoms with Crippen LogP contribution in [-0.4, -0.2) is 18.0 Å². The first-order valence-corrected chi connectivity index (χ1v) is 8.66. The van der Waals surface area contributed by atoms with Crippen molar-refractivity contribution >= 4 is 17.4 Å². The first-order valence-electron chi connectivity index (χ1n) is 8.66. The van der Waals surface area contributed by atoms with Crippen molar-refractivity contribution in [3.63, 3.8) is 0 Å². The molecule has 1 heterocycles. The summed E-state index contributed by atoms with van der Waals surface area (Å²) in [6.45, 7) is 0.419. The molecule has 4 heteroatoms. The molecule has 0 saturated carbocycles. The normalized spacial score (nSPS) is 13.5. The molecule has 27 heavy (non-hydrogen) atoms. The number of aldehydes is 1. The average Bonchev–Trinajstić information content (AvgIpc) is 2.88. The zero-order valence-corrected chi connectivity index (χ0v) is 14.5. The average molecular weight is 360 g/mol. The second-order valence-corrected chi connectivity index (χ2v) is 6.38. The number of hydrogen-bond acceptors (Lipinski definition) is 3. The maximum atomic E-state index is 13.8. The van der Waals surface area contributed by atoms with Crippen LogP contribution in [0.2, 0.25) is 0 Å². The molecule has 134 valence electrons. The molecule has 3 aromatic carbocycles. The molecule has 0 bridgehead atoms. The van der Waals surface area contributed by atoms with Gasteiger partial charge in [0.1, 0.15) is 23.6 Å². The van der Waals surface area contributed by atoms with Crippen molar-refractivity contribution in [2.75, 3.05) is 6.61 Å². The summed E-state index contributed by atoms with van der Waals surface area (Å²) in [6, 6.07) is 18.8. The Morgan fingerprint density at radius 3 is 2.33 bits per heavy atom. The molecular formula is C23H17FO3. The number of halogens is 1. The second-order valence-electron chi connectivity index (χ2n) is 6.38. The molecule has 0 saturated heterocycles. The van der Waals surface area contributed by atoms with Crippen molar-refractivity contribution in [2.24, 2.45) is 0 Å². The number of phenolic OH excluding ortho intramolecular Hbond substituents is 1. The van der Waals surface area contributed by atoms with E-state index in [1.165, 1.54) is 12.1 Å². The minimum absolute atomic E-state index is 0.198. The quantitative estimate of drug-likeness (QED) is 0.662. The fourth-order valence-corrected chi connectivity index (χ4v) is 3.38. The molecular weight excluding hydrogens is 343 g/mol. The van der Waals surface area contributed by atoms with E-state index in [1.54, 1.807) is 30.3 Å². The standard InChI is InChI=1S/C23H17FO3/c24-18-7-10-21-22(13-18)27-12-11-20(16-5-8-19(26)9-6-16)23(21)17-3-1-15(14-25)2-4-17/h1-10,13-14,26H,11-12H2. The monoisotopic (exact) mass is 360 g/mol. The Hall–Kier alpha value is -3.40. The number of fused-ring (bicyclic) bond motifs is 1. The Morgan fingerprint density at radius 2 is 1.63 bits per heavy atom. The second kappa shape index (κ2) is 7.08. The maximum absolute atomic E-state index is 13.8. The van der Waals surface area contributed by atoms with Gasteiger partial charge < -0.3 is 9.84 Å². The molecule has 1 N–H and O–H groups in total. The summed E-state index contributed by atoms with van der Waals surface area (Å²) in [7, 11) is 0. The summed E-state index contributed by atoms with van der Waals surface area (Å²) < 4.78 is 19.6. The van der Waals surface area contributed by atoms with E-state index in [4.69, 9.17) is 4.74 Å². The number of phenols is 1.